The second-order valence-electron chi connectivity index (χ2n) is 10.6. The Labute approximate surface area is 267 Å². The summed E-state index contributed by atoms with van der Waals surface area (Å²) in [4.78, 5) is 9.00. The van der Waals surface area contributed by atoms with Crippen LogP contribution in [0.1, 0.15) is 11.1 Å². The van der Waals surface area contributed by atoms with Crippen molar-refractivity contribution < 1.29 is 29.6 Å². The summed E-state index contributed by atoms with van der Waals surface area (Å²) in [6.07, 6.45) is 3.54. The molecular formula is C38H27FIrN3O-. The van der Waals surface area contributed by atoms with Crippen LogP contribution in [0, 0.1) is 25.7 Å². The van der Waals surface area contributed by atoms with Gasteiger partial charge in [0.05, 0.1) is 16.4 Å². The van der Waals surface area contributed by atoms with E-state index in [2.05, 4.69) is 51.8 Å². The molecule has 0 saturated carbocycles. The van der Waals surface area contributed by atoms with Gasteiger partial charge in [0.15, 0.2) is 0 Å². The van der Waals surface area contributed by atoms with Gasteiger partial charge in [0.1, 0.15) is 17.1 Å². The number of rotatable bonds is 2. The molecule has 0 amide bonds. The fourth-order valence-electron chi connectivity index (χ4n) is 5.93. The maximum atomic E-state index is 14.0. The van der Waals surface area contributed by atoms with E-state index in [4.69, 9.17) is 0 Å². The van der Waals surface area contributed by atoms with Gasteiger partial charge < -0.3 is 14.7 Å². The standard InChI is InChI=1S/C21H15FN.C17H12N2O.Ir/c1-13-10-14(2)12-15(11-13)21-19-7-6-18-16(4-3-5-20(18)22)17(19)8-9-23-21;20-15-10-4-8-13-16(15)17-14(9-5-11-18-17)19(13)12-6-2-1-3-7-12;/h3-11H,1-2H3;1-11,20H;/q-1;;. The van der Waals surface area contributed by atoms with Gasteiger partial charge in [-0.3, -0.25) is 4.98 Å². The third-order valence-electron chi connectivity index (χ3n) is 7.69. The van der Waals surface area contributed by atoms with E-state index in [1.165, 1.54) is 11.6 Å². The first kappa shape index (κ1) is 29.2. The Morgan fingerprint density at radius 1 is 0.682 bits per heavy atom. The van der Waals surface area contributed by atoms with E-state index in [9.17, 15) is 9.50 Å². The number of nitrogens with zero attached hydrogens (tertiary/aromatic N) is 3. The molecule has 8 aromatic rings. The monoisotopic (exact) mass is 753 g/mol. The molecular weight excluding hydrogens is 726 g/mol. The van der Waals surface area contributed by atoms with Crippen LogP contribution in [0.4, 0.5) is 4.39 Å². The Morgan fingerprint density at radius 3 is 2.25 bits per heavy atom. The van der Waals surface area contributed by atoms with E-state index in [0.717, 1.165) is 60.6 Å². The molecule has 6 heteroatoms. The first-order valence-corrected chi connectivity index (χ1v) is 14.1. The summed E-state index contributed by atoms with van der Waals surface area (Å²) in [6.45, 7) is 4.10. The Balaban J connectivity index is 0.000000154. The molecule has 3 aromatic heterocycles. The van der Waals surface area contributed by atoms with E-state index >= 15 is 0 Å². The zero-order chi connectivity index (χ0) is 29.5. The predicted octanol–water partition coefficient (Wildman–Crippen LogP) is 9.49. The number of aryl methyl sites for hydroxylation is 2. The molecule has 0 spiro atoms. The Hall–Kier alpha value is -4.90. The van der Waals surface area contributed by atoms with Gasteiger partial charge in [-0.1, -0.05) is 62.4 Å². The van der Waals surface area contributed by atoms with Crippen molar-refractivity contribution in [3.8, 4) is 22.7 Å². The summed E-state index contributed by atoms with van der Waals surface area (Å²) in [5, 5.41) is 14.6. The number of pyridine rings is 2. The van der Waals surface area contributed by atoms with E-state index in [1.807, 2.05) is 73.7 Å². The summed E-state index contributed by atoms with van der Waals surface area (Å²) in [5.74, 6) is 0.0709. The van der Waals surface area contributed by atoms with Crippen molar-refractivity contribution in [3.05, 3.63) is 145 Å². The van der Waals surface area contributed by atoms with Crippen molar-refractivity contribution in [2.24, 2.45) is 0 Å². The number of hydrogen-bond donors (Lipinski definition) is 1. The van der Waals surface area contributed by atoms with Crippen molar-refractivity contribution >= 4 is 43.5 Å². The second kappa shape index (κ2) is 12.0. The summed E-state index contributed by atoms with van der Waals surface area (Å²) in [7, 11) is 0. The summed E-state index contributed by atoms with van der Waals surface area (Å²) < 4.78 is 16.1. The molecule has 0 fully saturated rings. The third-order valence-corrected chi connectivity index (χ3v) is 7.69. The molecule has 0 aliphatic rings. The number of para-hydroxylation sites is 1. The van der Waals surface area contributed by atoms with Gasteiger partial charge in [0.2, 0.25) is 0 Å². The largest absolute Gasteiger partial charge is 0.507 e. The minimum Gasteiger partial charge on any atom is -0.507 e. The van der Waals surface area contributed by atoms with Crippen LogP contribution >= 0.6 is 0 Å². The SMILES string of the molecule is Cc1[c-]c(-c2nccc3c2ccc2c(F)cccc23)cc(C)c1.Oc1cccc2c1c1ncccc1n2-c1ccccc1.[Ir]. The van der Waals surface area contributed by atoms with Crippen LogP contribution in [0.3, 0.4) is 0 Å². The fourth-order valence-corrected chi connectivity index (χ4v) is 5.93. The third kappa shape index (κ3) is 5.13. The molecule has 4 nitrogen and oxygen atoms in total. The van der Waals surface area contributed by atoms with Gasteiger partial charge in [-0.05, 0) is 70.4 Å². The number of hydrogen-bond acceptors (Lipinski definition) is 3. The molecule has 0 aliphatic heterocycles. The van der Waals surface area contributed by atoms with Gasteiger partial charge >= 0.3 is 0 Å². The zero-order valence-electron chi connectivity index (χ0n) is 24.0. The maximum Gasteiger partial charge on any atom is 0.131 e. The van der Waals surface area contributed by atoms with Gasteiger partial charge in [0.25, 0.3) is 0 Å². The average Bonchev–Trinajstić information content (AvgIpc) is 3.37. The maximum absolute atomic E-state index is 14.0. The van der Waals surface area contributed by atoms with Crippen LogP contribution in [0.5, 0.6) is 5.75 Å². The van der Waals surface area contributed by atoms with E-state index in [-0.39, 0.29) is 31.7 Å². The van der Waals surface area contributed by atoms with E-state index < -0.39 is 0 Å². The quantitative estimate of drug-likeness (QED) is 0.142. The molecule has 0 saturated heterocycles. The molecule has 5 aromatic carbocycles. The molecule has 0 unspecified atom stereocenters. The Bertz CT molecular complexity index is 2280. The zero-order valence-corrected chi connectivity index (χ0v) is 26.4. The first-order valence-electron chi connectivity index (χ1n) is 14.1. The van der Waals surface area contributed by atoms with Crippen molar-refractivity contribution in [1.29, 1.82) is 0 Å². The van der Waals surface area contributed by atoms with E-state index in [1.54, 1.807) is 24.5 Å². The number of phenolic OH excluding ortho intramolecular Hbond substituents is 1. The Morgan fingerprint density at radius 2 is 1.43 bits per heavy atom. The molecule has 1 radical (unpaired) electrons. The minimum absolute atomic E-state index is 0. The summed E-state index contributed by atoms with van der Waals surface area (Å²) in [6, 6.07) is 38.1. The molecule has 44 heavy (non-hydrogen) atoms. The number of halogens is 1. The van der Waals surface area contributed by atoms with Crippen LogP contribution in [-0.4, -0.2) is 19.6 Å². The molecule has 217 valence electrons. The average molecular weight is 753 g/mol. The number of aromatic nitrogens is 3. The number of aromatic hydroxyl groups is 1. The first-order chi connectivity index (χ1) is 21.0. The fraction of sp³-hybridized carbons (Fsp3) is 0.0526. The van der Waals surface area contributed by atoms with E-state index in [0.29, 0.717) is 5.39 Å². The van der Waals surface area contributed by atoms with Crippen LogP contribution in [0.2, 0.25) is 0 Å². The van der Waals surface area contributed by atoms with Crippen LogP contribution in [0.15, 0.2) is 122 Å². The normalized spacial score (nSPS) is 11.0. The van der Waals surface area contributed by atoms with Crippen molar-refractivity contribution in [1.82, 2.24) is 14.5 Å². The topological polar surface area (TPSA) is 50.9 Å². The van der Waals surface area contributed by atoms with Gasteiger partial charge in [0, 0.05) is 43.6 Å². The second-order valence-corrected chi connectivity index (χ2v) is 10.6. The van der Waals surface area contributed by atoms with Gasteiger partial charge in [-0.2, -0.15) is 0 Å². The van der Waals surface area contributed by atoms with Gasteiger partial charge in [-0.15, -0.1) is 34.9 Å². The summed E-state index contributed by atoms with van der Waals surface area (Å²) in [5.41, 5.74) is 7.98. The van der Waals surface area contributed by atoms with Crippen LogP contribution < -0.4 is 0 Å². The molecule has 0 atom stereocenters. The molecule has 0 bridgehead atoms. The van der Waals surface area contributed by atoms with Crippen molar-refractivity contribution in [2.45, 2.75) is 13.8 Å². The van der Waals surface area contributed by atoms with Crippen molar-refractivity contribution in [3.63, 3.8) is 0 Å². The number of fused-ring (bicyclic) bond motifs is 6. The van der Waals surface area contributed by atoms with Crippen molar-refractivity contribution in [2.75, 3.05) is 0 Å². The molecule has 1 N–H and O–H groups in total. The van der Waals surface area contributed by atoms with Gasteiger partial charge in [-0.25, -0.2) is 4.39 Å². The number of benzene rings is 5. The Kier molecular flexibility index (Phi) is 7.96. The minimum atomic E-state index is -0.194. The molecule has 3 heterocycles. The predicted molar refractivity (Wildman–Crippen MR) is 173 cm³/mol. The summed E-state index contributed by atoms with van der Waals surface area (Å²) >= 11 is 0. The van der Waals surface area contributed by atoms with Crippen LogP contribution in [-0.2, 0) is 20.1 Å². The van der Waals surface area contributed by atoms with Crippen LogP contribution in [0.25, 0.3) is 60.4 Å². The molecule has 8 rings (SSSR count). The smallest absolute Gasteiger partial charge is 0.131 e. The molecule has 0 aliphatic carbocycles. The number of phenols is 1.